The highest BCUT2D eigenvalue weighted by Crippen LogP contribution is 2.48. The van der Waals surface area contributed by atoms with E-state index in [1.807, 2.05) is 56.8 Å². The number of aryl methyl sites for hydroxylation is 1. The van der Waals surface area contributed by atoms with Crippen LogP contribution in [0.2, 0.25) is 5.02 Å². The lowest BCUT2D eigenvalue weighted by molar-refractivity contribution is -0.778. The third-order valence-electron chi connectivity index (χ3n) is 7.97. The van der Waals surface area contributed by atoms with Crippen molar-refractivity contribution in [3.8, 4) is 17.3 Å². The van der Waals surface area contributed by atoms with Crippen LogP contribution in [0.3, 0.4) is 0 Å². The van der Waals surface area contributed by atoms with Crippen molar-refractivity contribution in [1.82, 2.24) is 24.3 Å². The van der Waals surface area contributed by atoms with E-state index < -0.39 is 5.60 Å². The molecule has 1 amide bonds. The molecule has 4 aromatic heterocycles. The third kappa shape index (κ3) is 4.08. The van der Waals surface area contributed by atoms with E-state index in [0.717, 1.165) is 23.3 Å². The maximum Gasteiger partial charge on any atom is 0.517 e. The Morgan fingerprint density at radius 3 is 2.56 bits per heavy atom. The Morgan fingerprint density at radius 2 is 1.87 bits per heavy atom. The summed E-state index contributed by atoms with van der Waals surface area (Å²) in [4.78, 5) is 34.0. The van der Waals surface area contributed by atoms with E-state index >= 15 is 0 Å². The van der Waals surface area contributed by atoms with Gasteiger partial charge in [0, 0.05) is 17.8 Å². The van der Waals surface area contributed by atoms with Crippen molar-refractivity contribution in [1.29, 1.82) is 0 Å². The summed E-state index contributed by atoms with van der Waals surface area (Å²) in [7, 11) is 1.57. The van der Waals surface area contributed by atoms with Gasteiger partial charge in [0.25, 0.3) is 5.88 Å². The van der Waals surface area contributed by atoms with E-state index in [4.69, 9.17) is 26.1 Å². The van der Waals surface area contributed by atoms with Gasteiger partial charge in [-0.15, -0.1) is 0 Å². The van der Waals surface area contributed by atoms with E-state index in [9.17, 15) is 4.79 Å². The molecule has 10 nitrogen and oxygen atoms in total. The van der Waals surface area contributed by atoms with Crippen LogP contribution in [0.25, 0.3) is 28.1 Å². The van der Waals surface area contributed by atoms with Gasteiger partial charge in [-0.3, -0.25) is 0 Å². The Bertz CT molecular complexity index is 1620. The number of anilines is 1. The van der Waals surface area contributed by atoms with Gasteiger partial charge >= 0.3 is 6.09 Å². The summed E-state index contributed by atoms with van der Waals surface area (Å²) in [5, 5.41) is 1.30. The Hall–Kier alpha value is -3.50. The maximum absolute atomic E-state index is 13.2. The number of piperazine rings is 1. The van der Waals surface area contributed by atoms with Crippen LogP contribution in [0, 0.1) is 6.92 Å². The number of carbonyl (C=O) groups excluding carboxylic acids is 1. The molecule has 0 spiro atoms. The fourth-order valence-electron chi connectivity index (χ4n) is 6.11. The van der Waals surface area contributed by atoms with Crippen molar-refractivity contribution in [2.45, 2.75) is 65.3 Å². The summed E-state index contributed by atoms with van der Waals surface area (Å²) in [6.45, 7) is 13.4. The van der Waals surface area contributed by atoms with Crippen LogP contribution in [-0.2, 0) is 4.74 Å². The quantitative estimate of drug-likeness (QED) is 0.259. The molecule has 4 aromatic rings. The first-order valence-corrected chi connectivity index (χ1v) is 13.5. The molecule has 0 saturated carbocycles. The molecule has 0 bridgehead atoms. The third-order valence-corrected chi connectivity index (χ3v) is 8.28. The topological polar surface area (TPSA) is 94.7 Å². The summed E-state index contributed by atoms with van der Waals surface area (Å²) in [6, 6.07) is 4.31. The normalized spacial score (nSPS) is 24.6. The van der Waals surface area contributed by atoms with Gasteiger partial charge < -0.3 is 18.8 Å². The molecule has 2 aliphatic rings. The van der Waals surface area contributed by atoms with E-state index in [0.29, 0.717) is 44.6 Å². The first kappa shape index (κ1) is 25.8. The molecule has 0 N–H and O–H groups in total. The van der Waals surface area contributed by atoms with Crippen LogP contribution < -0.4 is 9.64 Å². The number of rotatable bonds is 3. The van der Waals surface area contributed by atoms with Crippen LogP contribution in [0.5, 0.6) is 5.88 Å². The van der Waals surface area contributed by atoms with Gasteiger partial charge in [-0.1, -0.05) is 11.6 Å². The average Bonchev–Trinajstić information content (AvgIpc) is 3.30. The molecule has 6 heterocycles. The number of imidazole rings is 1. The number of pyridine rings is 2. The number of fused-ring (bicyclic) bond motifs is 3. The van der Waals surface area contributed by atoms with Gasteiger partial charge in [0.1, 0.15) is 17.3 Å². The molecule has 2 saturated heterocycles. The van der Waals surface area contributed by atoms with Crippen LogP contribution in [0.4, 0.5) is 10.5 Å². The average molecular weight is 551 g/mol. The summed E-state index contributed by atoms with van der Waals surface area (Å²) in [6.07, 6.45) is 5.47. The van der Waals surface area contributed by atoms with E-state index in [1.54, 1.807) is 13.2 Å². The number of amides is 1. The molecular formula is C28H33ClN7O3+. The predicted molar refractivity (Wildman–Crippen MR) is 149 cm³/mol. The maximum atomic E-state index is 13.2. The molecule has 0 aliphatic carbocycles. The Labute approximate surface area is 232 Å². The first-order chi connectivity index (χ1) is 18.4. The number of nitrogens with zero attached hydrogens (tertiary/aromatic N) is 7. The van der Waals surface area contributed by atoms with Crippen molar-refractivity contribution in [3.05, 3.63) is 41.4 Å². The van der Waals surface area contributed by atoms with Crippen molar-refractivity contribution >= 4 is 40.1 Å². The number of aromatic nitrogens is 5. The van der Waals surface area contributed by atoms with Crippen molar-refractivity contribution in [2.75, 3.05) is 25.1 Å². The number of halogens is 1. The minimum absolute atomic E-state index is 0.0862. The number of quaternary nitrogens is 1. The molecule has 0 aromatic carbocycles. The summed E-state index contributed by atoms with van der Waals surface area (Å²) in [5.41, 5.74) is 3.69. The van der Waals surface area contributed by atoms with E-state index in [2.05, 4.69) is 33.7 Å². The van der Waals surface area contributed by atoms with Gasteiger partial charge in [0.2, 0.25) is 5.65 Å². The van der Waals surface area contributed by atoms with Crippen molar-refractivity contribution < 1.29 is 18.8 Å². The van der Waals surface area contributed by atoms with Gasteiger partial charge in [0.15, 0.2) is 17.7 Å². The lowest BCUT2D eigenvalue weighted by Crippen LogP contribution is -2.57. The zero-order valence-electron chi connectivity index (χ0n) is 23.3. The Balaban J connectivity index is 1.30. The second kappa shape index (κ2) is 8.76. The standard InChI is InChI=1S/C28H33ClN7O3/c1-15-11-35-13-22(33-26(38-7)25(35)31-15)21-9-20(29)19-8-18(10-30-24(19)32-21)34-12-16(2)36(17(3)23(36)14-34)27(37)39-28(4,5)6/h8-11,13,16-17,23H,12,14H2,1-7H3/q+1/t16-,17?,23?,36?/m0/s1. The van der Waals surface area contributed by atoms with Crippen molar-refractivity contribution in [2.24, 2.45) is 0 Å². The van der Waals surface area contributed by atoms with Crippen LogP contribution in [0.15, 0.2) is 30.7 Å². The molecular weight excluding hydrogens is 518 g/mol. The lowest BCUT2D eigenvalue weighted by atomic mass is 10.1. The van der Waals surface area contributed by atoms with Crippen molar-refractivity contribution in [3.63, 3.8) is 0 Å². The second-order valence-corrected chi connectivity index (χ2v) is 12.1. The molecule has 0 radical (unpaired) electrons. The van der Waals surface area contributed by atoms with Gasteiger partial charge in [0.05, 0.1) is 48.5 Å². The van der Waals surface area contributed by atoms with Crippen LogP contribution in [-0.4, -0.2) is 78.8 Å². The molecule has 6 rings (SSSR count). The molecule has 2 aliphatic heterocycles. The molecule has 204 valence electrons. The number of hydrogen-bond donors (Lipinski definition) is 0. The SMILES string of the molecule is COc1nc(-c2cc(Cl)c3cc(N4CC5C(C)[N+]5(C(=O)OC(C)(C)C)[C@@H](C)C4)cnc3n2)cn2cc(C)nc12. The molecule has 4 atom stereocenters. The highest BCUT2D eigenvalue weighted by atomic mass is 35.5. The second-order valence-electron chi connectivity index (χ2n) is 11.7. The van der Waals surface area contributed by atoms with Gasteiger partial charge in [-0.25, -0.2) is 24.4 Å². The number of hydrogen-bond acceptors (Lipinski definition) is 8. The van der Waals surface area contributed by atoms with Gasteiger partial charge in [-0.2, -0.15) is 4.79 Å². The number of ether oxygens (including phenoxy) is 2. The van der Waals surface area contributed by atoms with Crippen LogP contribution in [0.1, 0.15) is 40.3 Å². The minimum atomic E-state index is -0.511. The Morgan fingerprint density at radius 1 is 1.10 bits per heavy atom. The molecule has 39 heavy (non-hydrogen) atoms. The minimum Gasteiger partial charge on any atom is -0.478 e. The molecule has 11 heteroatoms. The fourth-order valence-corrected chi connectivity index (χ4v) is 6.36. The lowest BCUT2D eigenvalue weighted by Gasteiger charge is -2.37. The molecule has 3 unspecified atom stereocenters. The highest BCUT2D eigenvalue weighted by Gasteiger charge is 2.75. The highest BCUT2D eigenvalue weighted by molar-refractivity contribution is 6.35. The Kier molecular flexibility index (Phi) is 5.78. The predicted octanol–water partition coefficient (Wildman–Crippen LogP) is 5.04. The number of carbonyl (C=O) groups is 1. The first-order valence-electron chi connectivity index (χ1n) is 13.2. The van der Waals surface area contributed by atoms with E-state index in [1.165, 1.54) is 0 Å². The summed E-state index contributed by atoms with van der Waals surface area (Å²) >= 11 is 6.79. The van der Waals surface area contributed by atoms with Crippen LogP contribution >= 0.6 is 11.6 Å². The van der Waals surface area contributed by atoms with E-state index in [-0.39, 0.29) is 24.2 Å². The smallest absolute Gasteiger partial charge is 0.478 e. The summed E-state index contributed by atoms with van der Waals surface area (Å²) < 4.78 is 13.6. The summed E-state index contributed by atoms with van der Waals surface area (Å²) in [5.74, 6) is 0.413. The fraction of sp³-hybridized carbons (Fsp3) is 0.464. The number of methoxy groups -OCH3 is 1. The molecule has 2 fully saturated rings. The monoisotopic (exact) mass is 550 g/mol. The zero-order chi connectivity index (χ0) is 27.9. The largest absolute Gasteiger partial charge is 0.517 e. The zero-order valence-corrected chi connectivity index (χ0v) is 24.0. The van der Waals surface area contributed by atoms with Gasteiger partial charge in [-0.05, 0) is 53.7 Å².